The molecular weight excluding hydrogens is 293 g/mol. The maximum Gasteiger partial charge on any atom is 0.227 e. The van der Waals surface area contributed by atoms with E-state index in [-0.39, 0.29) is 5.82 Å². The lowest BCUT2D eigenvalue weighted by Gasteiger charge is -2.06. The molecule has 6 heteroatoms. The van der Waals surface area contributed by atoms with Crippen LogP contribution in [0.4, 0.5) is 16.0 Å². The van der Waals surface area contributed by atoms with E-state index >= 15 is 0 Å². The first-order chi connectivity index (χ1) is 11.3. The number of aromatic nitrogens is 4. The monoisotopic (exact) mass is 305 g/mol. The molecule has 0 saturated carbocycles. The lowest BCUT2D eigenvalue weighted by atomic mass is 10.2. The van der Waals surface area contributed by atoms with Crippen molar-refractivity contribution < 1.29 is 4.39 Å². The minimum atomic E-state index is -0.312. The minimum Gasteiger partial charge on any atom is -0.346 e. The van der Waals surface area contributed by atoms with Crippen LogP contribution in [0.25, 0.3) is 22.3 Å². The third-order valence-electron chi connectivity index (χ3n) is 3.43. The zero-order valence-corrected chi connectivity index (χ0v) is 12.0. The summed E-state index contributed by atoms with van der Waals surface area (Å²) in [5, 5.41) is 4.01. The molecule has 0 fully saturated rings. The third-order valence-corrected chi connectivity index (χ3v) is 3.43. The number of aromatic amines is 1. The predicted molar refractivity (Wildman–Crippen MR) is 86.8 cm³/mol. The Morgan fingerprint density at radius 3 is 2.91 bits per heavy atom. The number of benzene rings is 1. The van der Waals surface area contributed by atoms with Gasteiger partial charge in [-0.25, -0.2) is 19.3 Å². The average molecular weight is 305 g/mol. The highest BCUT2D eigenvalue weighted by molar-refractivity contribution is 5.80. The van der Waals surface area contributed by atoms with Crippen LogP contribution in [0.3, 0.4) is 0 Å². The summed E-state index contributed by atoms with van der Waals surface area (Å²) >= 11 is 0. The molecule has 0 atom stereocenters. The van der Waals surface area contributed by atoms with E-state index < -0.39 is 0 Å². The molecule has 0 bridgehead atoms. The quantitative estimate of drug-likeness (QED) is 0.602. The van der Waals surface area contributed by atoms with Crippen LogP contribution >= 0.6 is 0 Å². The van der Waals surface area contributed by atoms with Crippen molar-refractivity contribution in [2.75, 3.05) is 5.32 Å². The Labute approximate surface area is 131 Å². The Kier molecular flexibility index (Phi) is 3.20. The lowest BCUT2D eigenvalue weighted by Crippen LogP contribution is -1.98. The van der Waals surface area contributed by atoms with Crippen molar-refractivity contribution in [2.24, 2.45) is 0 Å². The summed E-state index contributed by atoms with van der Waals surface area (Å²) in [5.74, 6) is 0.0931. The van der Waals surface area contributed by atoms with E-state index in [0.29, 0.717) is 11.6 Å². The van der Waals surface area contributed by atoms with E-state index in [4.69, 9.17) is 0 Å². The highest BCUT2D eigenvalue weighted by Crippen LogP contribution is 2.22. The Balaban J connectivity index is 1.67. The van der Waals surface area contributed by atoms with Crippen LogP contribution in [0.2, 0.25) is 0 Å². The molecule has 4 aromatic rings. The van der Waals surface area contributed by atoms with Crippen molar-refractivity contribution in [3.8, 4) is 11.3 Å². The Hall–Kier alpha value is -3.28. The molecule has 0 aliphatic rings. The number of nitrogens with zero attached hydrogens (tertiary/aromatic N) is 3. The van der Waals surface area contributed by atoms with E-state index in [1.807, 2.05) is 24.4 Å². The molecule has 0 saturated heterocycles. The molecule has 3 heterocycles. The van der Waals surface area contributed by atoms with Gasteiger partial charge in [0.1, 0.15) is 11.5 Å². The van der Waals surface area contributed by atoms with Crippen LogP contribution < -0.4 is 5.32 Å². The van der Waals surface area contributed by atoms with Crippen molar-refractivity contribution >= 4 is 22.7 Å². The van der Waals surface area contributed by atoms with Gasteiger partial charge < -0.3 is 10.3 Å². The second-order valence-corrected chi connectivity index (χ2v) is 5.04. The molecule has 4 rings (SSSR count). The highest BCUT2D eigenvalue weighted by Gasteiger charge is 2.05. The van der Waals surface area contributed by atoms with Gasteiger partial charge >= 0.3 is 0 Å². The van der Waals surface area contributed by atoms with Gasteiger partial charge in [-0.05, 0) is 36.4 Å². The van der Waals surface area contributed by atoms with Gasteiger partial charge in [0.15, 0.2) is 0 Å². The summed E-state index contributed by atoms with van der Waals surface area (Å²) in [6.07, 6.45) is 5.26. The fraction of sp³-hybridized carbons (Fsp3) is 0. The Morgan fingerprint density at radius 1 is 1.04 bits per heavy atom. The first kappa shape index (κ1) is 13.4. The van der Waals surface area contributed by atoms with Gasteiger partial charge in [-0.1, -0.05) is 6.07 Å². The summed E-state index contributed by atoms with van der Waals surface area (Å²) in [7, 11) is 0. The standard InChI is InChI=1S/C17H12FN5/c18-13-2-1-3-14(9-13)22-17-20-7-5-15(23-17)12-8-11-4-6-19-16(11)21-10-12/h1-10H,(H,19,21)(H,20,22,23). The SMILES string of the molecule is Fc1cccc(Nc2nccc(-c3cnc4[nH]ccc4c3)n2)c1. The predicted octanol–water partition coefficient (Wildman–Crippen LogP) is 3.90. The lowest BCUT2D eigenvalue weighted by molar-refractivity contribution is 0.628. The van der Waals surface area contributed by atoms with Crippen molar-refractivity contribution in [3.63, 3.8) is 0 Å². The highest BCUT2D eigenvalue weighted by atomic mass is 19.1. The molecule has 112 valence electrons. The summed E-state index contributed by atoms with van der Waals surface area (Å²) in [5.41, 5.74) is 3.07. The van der Waals surface area contributed by atoms with Gasteiger partial charge in [0, 0.05) is 35.2 Å². The maximum absolute atomic E-state index is 13.2. The van der Waals surface area contributed by atoms with Crippen molar-refractivity contribution in [1.29, 1.82) is 0 Å². The first-order valence-electron chi connectivity index (χ1n) is 7.07. The topological polar surface area (TPSA) is 66.5 Å². The van der Waals surface area contributed by atoms with Crippen LogP contribution in [-0.2, 0) is 0 Å². The maximum atomic E-state index is 13.2. The van der Waals surface area contributed by atoms with E-state index in [2.05, 4.69) is 25.3 Å². The van der Waals surface area contributed by atoms with Gasteiger partial charge in [0.05, 0.1) is 5.69 Å². The smallest absolute Gasteiger partial charge is 0.227 e. The van der Waals surface area contributed by atoms with Gasteiger partial charge in [0.25, 0.3) is 0 Å². The molecular formula is C17H12FN5. The zero-order chi connectivity index (χ0) is 15.6. The molecule has 0 aliphatic heterocycles. The van der Waals surface area contributed by atoms with E-state index in [1.54, 1.807) is 24.5 Å². The number of pyridine rings is 1. The average Bonchev–Trinajstić information content (AvgIpc) is 3.03. The number of H-pyrrole nitrogens is 1. The molecule has 0 radical (unpaired) electrons. The van der Waals surface area contributed by atoms with E-state index in [0.717, 1.165) is 22.3 Å². The van der Waals surface area contributed by atoms with Crippen LogP contribution in [0.5, 0.6) is 0 Å². The van der Waals surface area contributed by atoms with E-state index in [9.17, 15) is 4.39 Å². The van der Waals surface area contributed by atoms with Gasteiger partial charge in [0.2, 0.25) is 5.95 Å². The summed E-state index contributed by atoms with van der Waals surface area (Å²) < 4.78 is 13.2. The number of nitrogens with one attached hydrogen (secondary N) is 2. The van der Waals surface area contributed by atoms with Crippen molar-refractivity contribution in [1.82, 2.24) is 19.9 Å². The summed E-state index contributed by atoms with van der Waals surface area (Å²) in [6.45, 7) is 0. The molecule has 0 aliphatic carbocycles. The zero-order valence-electron chi connectivity index (χ0n) is 12.0. The van der Waals surface area contributed by atoms with Crippen LogP contribution in [0, 0.1) is 5.82 Å². The van der Waals surface area contributed by atoms with Gasteiger partial charge in [-0.2, -0.15) is 0 Å². The third kappa shape index (κ3) is 2.74. The molecule has 5 nitrogen and oxygen atoms in total. The first-order valence-corrected chi connectivity index (χ1v) is 7.07. The second-order valence-electron chi connectivity index (χ2n) is 5.04. The fourth-order valence-electron chi connectivity index (χ4n) is 2.35. The van der Waals surface area contributed by atoms with Gasteiger partial charge in [-0.15, -0.1) is 0 Å². The fourth-order valence-corrected chi connectivity index (χ4v) is 2.35. The number of anilines is 2. The van der Waals surface area contributed by atoms with Crippen LogP contribution in [0.15, 0.2) is 61.1 Å². The van der Waals surface area contributed by atoms with Crippen molar-refractivity contribution in [3.05, 3.63) is 66.9 Å². The molecule has 3 aromatic heterocycles. The summed E-state index contributed by atoms with van der Waals surface area (Å²) in [4.78, 5) is 16.0. The van der Waals surface area contributed by atoms with E-state index in [1.165, 1.54) is 12.1 Å². The number of halogens is 1. The number of rotatable bonds is 3. The van der Waals surface area contributed by atoms with Crippen LogP contribution in [0.1, 0.15) is 0 Å². The van der Waals surface area contributed by atoms with Crippen LogP contribution in [-0.4, -0.2) is 19.9 Å². The minimum absolute atomic E-state index is 0.312. The molecule has 0 spiro atoms. The molecule has 2 N–H and O–H groups in total. The normalized spacial score (nSPS) is 10.8. The number of hydrogen-bond acceptors (Lipinski definition) is 4. The molecule has 0 amide bonds. The molecule has 0 unspecified atom stereocenters. The van der Waals surface area contributed by atoms with Crippen molar-refractivity contribution in [2.45, 2.75) is 0 Å². The van der Waals surface area contributed by atoms with Gasteiger partial charge in [-0.3, -0.25) is 0 Å². The number of hydrogen-bond donors (Lipinski definition) is 2. The molecule has 23 heavy (non-hydrogen) atoms. The Bertz CT molecular complexity index is 979. The number of fused-ring (bicyclic) bond motifs is 1. The molecule has 1 aromatic carbocycles. The second kappa shape index (κ2) is 5.49. The largest absolute Gasteiger partial charge is 0.346 e. The Morgan fingerprint density at radius 2 is 2.00 bits per heavy atom. The summed E-state index contributed by atoms with van der Waals surface area (Å²) in [6, 6.07) is 11.9.